The van der Waals surface area contributed by atoms with Crippen LogP contribution in [-0.4, -0.2) is 41.6 Å². The molecule has 1 amide bonds. The maximum absolute atomic E-state index is 12.7. The fraction of sp³-hybridized carbons (Fsp3) is 0.348. The number of piperazine rings is 1. The summed E-state index contributed by atoms with van der Waals surface area (Å²) < 4.78 is 2.25. The number of nitrogens with zero attached hydrogens (tertiary/aromatic N) is 3. The second-order valence-corrected chi connectivity index (χ2v) is 7.16. The van der Waals surface area contributed by atoms with E-state index in [4.69, 9.17) is 0 Å². The summed E-state index contributed by atoms with van der Waals surface area (Å²) in [6.07, 6.45) is 3.53. The van der Waals surface area contributed by atoms with Crippen LogP contribution in [0, 0.1) is 0 Å². The number of hydrogen-bond acceptors (Lipinski definition) is 2. The first-order chi connectivity index (χ1) is 13.3. The van der Waals surface area contributed by atoms with Gasteiger partial charge in [0.15, 0.2) is 0 Å². The zero-order valence-electron chi connectivity index (χ0n) is 16.0. The maximum Gasteiger partial charge on any atom is 0.223 e. The first kappa shape index (κ1) is 17.7. The van der Waals surface area contributed by atoms with Crippen molar-refractivity contribution in [3.05, 3.63) is 66.4 Å². The molecular formula is C23H27N3O. The Balaban J connectivity index is 1.35. The van der Waals surface area contributed by atoms with Crippen molar-refractivity contribution in [2.45, 2.75) is 26.3 Å². The number of aryl methyl sites for hydroxylation is 2. The third kappa shape index (κ3) is 3.70. The van der Waals surface area contributed by atoms with Crippen LogP contribution in [0.2, 0.25) is 0 Å². The van der Waals surface area contributed by atoms with Gasteiger partial charge in [-0.3, -0.25) is 4.79 Å². The molecule has 4 heteroatoms. The van der Waals surface area contributed by atoms with Gasteiger partial charge in [0, 0.05) is 61.9 Å². The highest BCUT2D eigenvalue weighted by Gasteiger charge is 2.21. The number of carbonyl (C=O) groups excluding carboxylic acids is 1. The van der Waals surface area contributed by atoms with Crippen LogP contribution in [-0.2, 0) is 17.8 Å². The minimum atomic E-state index is 0.273. The van der Waals surface area contributed by atoms with Gasteiger partial charge in [0.25, 0.3) is 0 Å². The Morgan fingerprint density at radius 2 is 1.70 bits per heavy atom. The first-order valence-electron chi connectivity index (χ1n) is 9.91. The topological polar surface area (TPSA) is 28.5 Å². The van der Waals surface area contributed by atoms with Crippen LogP contribution in [0.4, 0.5) is 5.69 Å². The molecule has 4 rings (SSSR count). The van der Waals surface area contributed by atoms with Crippen LogP contribution in [0.3, 0.4) is 0 Å². The number of carbonyl (C=O) groups is 1. The van der Waals surface area contributed by atoms with Crippen LogP contribution in [0.1, 0.15) is 18.9 Å². The van der Waals surface area contributed by atoms with Gasteiger partial charge in [0.05, 0.1) is 0 Å². The number of fused-ring (bicyclic) bond motifs is 1. The second kappa shape index (κ2) is 7.87. The third-order valence-corrected chi connectivity index (χ3v) is 5.61. The Labute approximate surface area is 161 Å². The Morgan fingerprint density at radius 3 is 2.44 bits per heavy atom. The summed E-state index contributed by atoms with van der Waals surface area (Å²) in [5.74, 6) is 0.273. The smallest absolute Gasteiger partial charge is 0.223 e. The van der Waals surface area contributed by atoms with Crippen LogP contribution in [0.25, 0.3) is 10.9 Å². The molecule has 27 heavy (non-hydrogen) atoms. The normalized spacial score (nSPS) is 14.7. The summed E-state index contributed by atoms with van der Waals surface area (Å²) in [6, 6.07) is 19.1. The summed E-state index contributed by atoms with van der Waals surface area (Å²) in [5, 5.41) is 1.28. The maximum atomic E-state index is 12.7. The van der Waals surface area contributed by atoms with Crippen molar-refractivity contribution in [3.8, 4) is 0 Å². The number of hydrogen-bond donors (Lipinski definition) is 0. The molecule has 1 aromatic heterocycles. The predicted octanol–water partition coefficient (Wildman–Crippen LogP) is 3.94. The fourth-order valence-corrected chi connectivity index (χ4v) is 4.03. The van der Waals surface area contributed by atoms with Crippen LogP contribution < -0.4 is 4.90 Å². The SMILES string of the molecule is CCn1ccc2c(CCC(=O)N3CCN(c4ccccc4)CC3)cccc21. The molecular weight excluding hydrogens is 334 g/mol. The van der Waals surface area contributed by atoms with Gasteiger partial charge in [-0.1, -0.05) is 30.3 Å². The van der Waals surface area contributed by atoms with E-state index in [9.17, 15) is 4.79 Å². The molecule has 1 aliphatic rings. The largest absolute Gasteiger partial charge is 0.368 e. The minimum absolute atomic E-state index is 0.273. The molecule has 0 radical (unpaired) electrons. The zero-order chi connectivity index (χ0) is 18.6. The lowest BCUT2D eigenvalue weighted by atomic mass is 10.0. The van der Waals surface area contributed by atoms with Crippen LogP contribution >= 0.6 is 0 Å². The number of para-hydroxylation sites is 1. The minimum Gasteiger partial charge on any atom is -0.368 e. The first-order valence-corrected chi connectivity index (χ1v) is 9.91. The summed E-state index contributed by atoms with van der Waals surface area (Å²) in [7, 11) is 0. The molecule has 2 heterocycles. The van der Waals surface area contributed by atoms with Crippen molar-refractivity contribution >= 4 is 22.5 Å². The van der Waals surface area contributed by atoms with Crippen molar-refractivity contribution in [1.29, 1.82) is 0 Å². The number of anilines is 1. The van der Waals surface area contributed by atoms with Gasteiger partial charge in [0.2, 0.25) is 5.91 Å². The van der Waals surface area contributed by atoms with E-state index in [1.54, 1.807) is 0 Å². The van der Waals surface area contributed by atoms with Crippen molar-refractivity contribution in [1.82, 2.24) is 9.47 Å². The lowest BCUT2D eigenvalue weighted by Crippen LogP contribution is -2.48. The van der Waals surface area contributed by atoms with E-state index in [1.807, 2.05) is 11.0 Å². The van der Waals surface area contributed by atoms with Crippen molar-refractivity contribution < 1.29 is 4.79 Å². The molecule has 0 atom stereocenters. The van der Waals surface area contributed by atoms with Gasteiger partial charge in [-0.2, -0.15) is 0 Å². The van der Waals surface area contributed by atoms with Crippen LogP contribution in [0.15, 0.2) is 60.8 Å². The average molecular weight is 361 g/mol. The monoisotopic (exact) mass is 361 g/mol. The average Bonchev–Trinajstić information content (AvgIpc) is 3.16. The van der Waals surface area contributed by atoms with E-state index in [2.05, 4.69) is 71.1 Å². The Bertz CT molecular complexity index is 908. The van der Waals surface area contributed by atoms with Crippen molar-refractivity contribution in [2.24, 2.45) is 0 Å². The summed E-state index contributed by atoms with van der Waals surface area (Å²) in [4.78, 5) is 17.1. The molecule has 1 fully saturated rings. The zero-order valence-corrected chi connectivity index (χ0v) is 16.0. The highest BCUT2D eigenvalue weighted by Crippen LogP contribution is 2.22. The molecule has 0 bridgehead atoms. The van der Waals surface area contributed by atoms with Gasteiger partial charge in [-0.05, 0) is 43.2 Å². The van der Waals surface area contributed by atoms with Crippen molar-refractivity contribution in [2.75, 3.05) is 31.1 Å². The summed E-state index contributed by atoms with van der Waals surface area (Å²) >= 11 is 0. The molecule has 1 aliphatic heterocycles. The molecule has 0 N–H and O–H groups in total. The molecule has 140 valence electrons. The lowest BCUT2D eigenvalue weighted by molar-refractivity contribution is -0.131. The Morgan fingerprint density at radius 1 is 0.926 bits per heavy atom. The molecule has 3 aromatic rings. The van der Waals surface area contributed by atoms with E-state index in [-0.39, 0.29) is 5.91 Å². The fourth-order valence-electron chi connectivity index (χ4n) is 4.03. The van der Waals surface area contributed by atoms with E-state index >= 15 is 0 Å². The predicted molar refractivity (Wildman–Crippen MR) is 111 cm³/mol. The third-order valence-electron chi connectivity index (χ3n) is 5.61. The van der Waals surface area contributed by atoms with Gasteiger partial charge in [-0.25, -0.2) is 0 Å². The number of aromatic nitrogens is 1. The van der Waals surface area contributed by atoms with Gasteiger partial charge in [0.1, 0.15) is 0 Å². The lowest BCUT2D eigenvalue weighted by Gasteiger charge is -2.36. The van der Waals surface area contributed by atoms with E-state index in [1.165, 1.54) is 22.2 Å². The molecule has 1 saturated heterocycles. The van der Waals surface area contributed by atoms with E-state index in [0.717, 1.165) is 39.1 Å². The number of amides is 1. The van der Waals surface area contributed by atoms with Gasteiger partial charge < -0.3 is 14.4 Å². The molecule has 0 aliphatic carbocycles. The van der Waals surface area contributed by atoms with Gasteiger partial charge in [-0.15, -0.1) is 0 Å². The van der Waals surface area contributed by atoms with E-state index in [0.29, 0.717) is 6.42 Å². The highest BCUT2D eigenvalue weighted by atomic mass is 16.2. The molecule has 0 spiro atoms. The molecule has 2 aromatic carbocycles. The summed E-state index contributed by atoms with van der Waals surface area (Å²) in [5.41, 5.74) is 3.78. The standard InChI is InChI=1S/C23H27N3O/c1-2-24-14-13-21-19(7-6-10-22(21)24)11-12-23(27)26-17-15-25(16-18-26)20-8-4-3-5-9-20/h3-10,13-14H,2,11-12,15-18H2,1H3. The summed E-state index contributed by atoms with van der Waals surface area (Å²) in [6.45, 7) is 6.56. The number of benzene rings is 2. The number of rotatable bonds is 5. The quantitative estimate of drug-likeness (QED) is 0.689. The Hall–Kier alpha value is -2.75. The Kier molecular flexibility index (Phi) is 5.14. The van der Waals surface area contributed by atoms with Gasteiger partial charge >= 0.3 is 0 Å². The molecule has 4 nitrogen and oxygen atoms in total. The van der Waals surface area contributed by atoms with E-state index < -0.39 is 0 Å². The molecule has 0 unspecified atom stereocenters. The van der Waals surface area contributed by atoms with Crippen LogP contribution in [0.5, 0.6) is 0 Å². The van der Waals surface area contributed by atoms with Crippen molar-refractivity contribution in [3.63, 3.8) is 0 Å². The highest BCUT2D eigenvalue weighted by molar-refractivity contribution is 5.84. The second-order valence-electron chi connectivity index (χ2n) is 7.16. The molecule has 0 saturated carbocycles.